The lowest BCUT2D eigenvalue weighted by molar-refractivity contribution is -0.145. The number of anilines is 1. The summed E-state index contributed by atoms with van der Waals surface area (Å²) in [6, 6.07) is 0.184. The van der Waals surface area contributed by atoms with Crippen LogP contribution in [0.3, 0.4) is 0 Å². The summed E-state index contributed by atoms with van der Waals surface area (Å²) in [6.45, 7) is 1.82. The first-order chi connectivity index (χ1) is 12.1. The van der Waals surface area contributed by atoms with Gasteiger partial charge in [-0.3, -0.25) is 4.79 Å². The molecule has 0 aromatic carbocycles. The Kier molecular flexibility index (Phi) is 4.08. The first-order valence-corrected chi connectivity index (χ1v) is 9.28. The van der Waals surface area contributed by atoms with Gasteiger partial charge in [-0.15, -0.1) is 0 Å². The van der Waals surface area contributed by atoms with E-state index in [1.165, 1.54) is 0 Å². The summed E-state index contributed by atoms with van der Waals surface area (Å²) in [5.74, 6) is -5.93. The highest BCUT2D eigenvalue weighted by Crippen LogP contribution is 2.46. The van der Waals surface area contributed by atoms with Crippen molar-refractivity contribution in [2.45, 2.75) is 76.2 Å². The molecule has 0 radical (unpaired) electrons. The third-order valence-electron chi connectivity index (χ3n) is 6.03. The largest absolute Gasteiger partial charge is 0.310 e. The van der Waals surface area contributed by atoms with Gasteiger partial charge in [-0.25, -0.2) is 22.2 Å². The number of hydrogen-bond acceptors (Lipinski definition) is 2. The Balaban J connectivity index is 1.50. The second-order valence-electron chi connectivity index (χ2n) is 8.23. The number of nitrogens with zero attached hydrogens (tertiary/aromatic N) is 2. The number of rotatable bonds is 5. The molecular formula is C18H23F4N3O. The van der Waals surface area contributed by atoms with E-state index < -0.39 is 36.5 Å². The van der Waals surface area contributed by atoms with E-state index in [-0.39, 0.29) is 24.8 Å². The van der Waals surface area contributed by atoms with Crippen molar-refractivity contribution in [2.75, 3.05) is 5.32 Å². The van der Waals surface area contributed by atoms with Crippen LogP contribution in [0.15, 0.2) is 0 Å². The zero-order chi connectivity index (χ0) is 18.7. The Morgan fingerprint density at radius 3 is 2.27 bits per heavy atom. The Morgan fingerprint density at radius 2 is 1.77 bits per heavy atom. The van der Waals surface area contributed by atoms with Crippen molar-refractivity contribution in [1.29, 1.82) is 0 Å². The van der Waals surface area contributed by atoms with Gasteiger partial charge in [0.1, 0.15) is 5.82 Å². The maximum atomic E-state index is 13.1. The lowest BCUT2D eigenvalue weighted by atomic mass is 9.78. The predicted molar refractivity (Wildman–Crippen MR) is 87.5 cm³/mol. The number of aromatic nitrogens is 2. The van der Waals surface area contributed by atoms with E-state index in [0.717, 1.165) is 30.5 Å². The summed E-state index contributed by atoms with van der Waals surface area (Å²) in [6.07, 6.45) is 2.36. The molecule has 8 heteroatoms. The Hall–Kier alpha value is -1.60. The van der Waals surface area contributed by atoms with Crippen LogP contribution in [-0.2, 0) is 11.2 Å². The van der Waals surface area contributed by atoms with Crippen molar-refractivity contribution < 1.29 is 22.4 Å². The maximum absolute atomic E-state index is 13.1. The van der Waals surface area contributed by atoms with Gasteiger partial charge in [0.15, 0.2) is 0 Å². The van der Waals surface area contributed by atoms with E-state index >= 15 is 0 Å². The summed E-state index contributed by atoms with van der Waals surface area (Å²) in [7, 11) is 0. The molecule has 3 aliphatic carbocycles. The van der Waals surface area contributed by atoms with Crippen LogP contribution in [0.25, 0.3) is 0 Å². The van der Waals surface area contributed by atoms with Gasteiger partial charge in [0.05, 0.1) is 11.7 Å². The van der Waals surface area contributed by atoms with Crippen molar-refractivity contribution in [3.63, 3.8) is 0 Å². The predicted octanol–water partition coefficient (Wildman–Crippen LogP) is 4.49. The fourth-order valence-electron chi connectivity index (χ4n) is 4.07. The number of alkyl halides is 4. The molecule has 3 fully saturated rings. The van der Waals surface area contributed by atoms with E-state index in [9.17, 15) is 22.4 Å². The van der Waals surface area contributed by atoms with Crippen LogP contribution in [0.5, 0.6) is 0 Å². The lowest BCUT2D eigenvalue weighted by Crippen LogP contribution is -2.42. The highest BCUT2D eigenvalue weighted by Gasteiger charge is 2.49. The molecule has 4 rings (SSSR count). The molecule has 1 aromatic heterocycles. The third kappa shape index (κ3) is 3.22. The number of nitrogens with one attached hydrogen (secondary N) is 1. The minimum Gasteiger partial charge on any atom is -0.310 e. The van der Waals surface area contributed by atoms with Gasteiger partial charge < -0.3 is 5.32 Å². The Labute approximate surface area is 149 Å². The summed E-state index contributed by atoms with van der Waals surface area (Å²) >= 11 is 0. The summed E-state index contributed by atoms with van der Waals surface area (Å²) in [4.78, 5) is 12.3. The molecule has 1 heterocycles. The van der Waals surface area contributed by atoms with Crippen molar-refractivity contribution >= 4 is 11.7 Å². The molecule has 1 aromatic rings. The number of carbonyl (C=O) groups excluding carboxylic acids is 1. The minimum atomic E-state index is -2.74. The SMILES string of the molecule is Cc1c(CC2CC(F)(F)C2)nn(C2CCC2)c1NC(=O)C1CC(F)(F)C1. The maximum Gasteiger partial charge on any atom is 0.249 e. The fraction of sp³-hybridized carbons (Fsp3) is 0.778. The lowest BCUT2D eigenvalue weighted by Gasteiger charge is -2.34. The number of halogens is 4. The first kappa shape index (κ1) is 17.8. The van der Waals surface area contributed by atoms with Crippen LogP contribution >= 0.6 is 0 Å². The molecule has 0 unspecified atom stereocenters. The highest BCUT2D eigenvalue weighted by molar-refractivity contribution is 5.93. The molecule has 3 saturated carbocycles. The summed E-state index contributed by atoms with van der Waals surface area (Å²) < 4.78 is 54.0. The quantitative estimate of drug-likeness (QED) is 0.773. The van der Waals surface area contributed by atoms with Crippen molar-refractivity contribution in [3.8, 4) is 0 Å². The first-order valence-electron chi connectivity index (χ1n) is 9.28. The average Bonchev–Trinajstić information content (AvgIpc) is 2.70. The van der Waals surface area contributed by atoms with Crippen LogP contribution in [0, 0.1) is 18.8 Å². The number of amides is 1. The normalized spacial score (nSPS) is 25.3. The minimum absolute atomic E-state index is 0.0951. The molecule has 3 aliphatic rings. The van der Waals surface area contributed by atoms with Crippen LogP contribution in [-0.4, -0.2) is 27.5 Å². The molecule has 26 heavy (non-hydrogen) atoms. The van der Waals surface area contributed by atoms with Crippen LogP contribution in [0.2, 0.25) is 0 Å². The smallest absolute Gasteiger partial charge is 0.249 e. The summed E-state index contributed by atoms with van der Waals surface area (Å²) in [5.41, 5.74) is 1.50. The molecule has 0 saturated heterocycles. The van der Waals surface area contributed by atoms with Gasteiger partial charge in [0, 0.05) is 37.2 Å². The second kappa shape index (κ2) is 5.96. The molecule has 0 bridgehead atoms. The standard InChI is InChI=1S/C18H23F4N3O/c1-10-14(5-11-6-17(19,20)7-11)24-25(13-3-2-4-13)15(10)23-16(26)12-8-18(21,22)9-12/h11-13H,2-9H2,1H3,(H,23,26). The fourth-order valence-corrected chi connectivity index (χ4v) is 4.07. The topological polar surface area (TPSA) is 46.9 Å². The third-order valence-corrected chi connectivity index (χ3v) is 6.03. The average molecular weight is 373 g/mol. The van der Waals surface area contributed by atoms with Crippen molar-refractivity contribution in [2.24, 2.45) is 11.8 Å². The molecule has 0 atom stereocenters. The van der Waals surface area contributed by atoms with Crippen LogP contribution < -0.4 is 5.32 Å². The molecule has 144 valence electrons. The molecular weight excluding hydrogens is 350 g/mol. The van der Waals surface area contributed by atoms with Gasteiger partial charge in [0.25, 0.3) is 0 Å². The highest BCUT2D eigenvalue weighted by atomic mass is 19.3. The van der Waals surface area contributed by atoms with Gasteiger partial charge in [-0.1, -0.05) is 0 Å². The van der Waals surface area contributed by atoms with Crippen LogP contribution in [0.4, 0.5) is 23.4 Å². The number of carbonyl (C=O) groups is 1. The Morgan fingerprint density at radius 1 is 1.15 bits per heavy atom. The molecule has 1 N–H and O–H groups in total. The zero-order valence-corrected chi connectivity index (χ0v) is 14.7. The van der Waals surface area contributed by atoms with Gasteiger partial charge >= 0.3 is 0 Å². The van der Waals surface area contributed by atoms with Crippen LogP contribution in [0.1, 0.15) is 62.2 Å². The van der Waals surface area contributed by atoms with Gasteiger partial charge in [-0.05, 0) is 38.5 Å². The second-order valence-corrected chi connectivity index (χ2v) is 8.23. The van der Waals surface area contributed by atoms with E-state index in [1.807, 2.05) is 6.92 Å². The monoisotopic (exact) mass is 373 g/mol. The van der Waals surface area contributed by atoms with Gasteiger partial charge in [0.2, 0.25) is 17.8 Å². The van der Waals surface area contributed by atoms with E-state index in [1.54, 1.807) is 4.68 Å². The molecule has 4 nitrogen and oxygen atoms in total. The molecule has 1 amide bonds. The van der Waals surface area contributed by atoms with E-state index in [0.29, 0.717) is 12.2 Å². The van der Waals surface area contributed by atoms with Crippen molar-refractivity contribution in [1.82, 2.24) is 9.78 Å². The Bertz CT molecular complexity index is 710. The zero-order valence-electron chi connectivity index (χ0n) is 14.7. The summed E-state index contributed by atoms with van der Waals surface area (Å²) in [5, 5.41) is 7.39. The molecule has 0 aliphatic heterocycles. The van der Waals surface area contributed by atoms with E-state index in [2.05, 4.69) is 10.4 Å². The van der Waals surface area contributed by atoms with Crippen molar-refractivity contribution in [3.05, 3.63) is 11.3 Å². The molecule has 0 spiro atoms. The number of hydrogen-bond donors (Lipinski definition) is 1. The van der Waals surface area contributed by atoms with Gasteiger partial charge in [-0.2, -0.15) is 5.10 Å². The van der Waals surface area contributed by atoms with E-state index in [4.69, 9.17) is 0 Å².